The number of rotatable bonds is 4. The van der Waals surface area contributed by atoms with Gasteiger partial charge < -0.3 is 10.6 Å². The number of aromatic nitrogens is 2. The molecule has 0 aliphatic heterocycles. The van der Waals surface area contributed by atoms with Crippen LogP contribution in [-0.4, -0.2) is 21.6 Å². The molecule has 2 N–H and O–H groups in total. The van der Waals surface area contributed by atoms with Crippen LogP contribution >= 0.6 is 0 Å². The standard InChI is InChI=1S/C18H15FN4O2/c1-12(24)20-14-3-2-4-15(11-14)21-18(25)17-9-10-23(22-17)16-7-5-13(19)6-8-16/h2-11H,1H3,(H,20,24)(H,21,25). The van der Waals surface area contributed by atoms with E-state index in [-0.39, 0.29) is 23.3 Å². The van der Waals surface area contributed by atoms with Crippen LogP contribution in [0, 0.1) is 5.82 Å². The number of anilines is 2. The van der Waals surface area contributed by atoms with Crippen molar-refractivity contribution in [2.45, 2.75) is 6.92 Å². The number of carbonyl (C=O) groups excluding carboxylic acids is 2. The quantitative estimate of drug-likeness (QED) is 0.767. The van der Waals surface area contributed by atoms with Crippen molar-refractivity contribution in [2.75, 3.05) is 10.6 Å². The fourth-order valence-electron chi connectivity index (χ4n) is 2.26. The first-order chi connectivity index (χ1) is 12.0. The molecule has 0 spiro atoms. The highest BCUT2D eigenvalue weighted by atomic mass is 19.1. The summed E-state index contributed by atoms with van der Waals surface area (Å²) in [6.45, 7) is 1.41. The average molecular weight is 338 g/mol. The van der Waals surface area contributed by atoms with Crippen molar-refractivity contribution in [3.63, 3.8) is 0 Å². The second-order valence-corrected chi connectivity index (χ2v) is 5.34. The van der Waals surface area contributed by atoms with Gasteiger partial charge in [-0.3, -0.25) is 9.59 Å². The zero-order chi connectivity index (χ0) is 17.8. The van der Waals surface area contributed by atoms with Gasteiger partial charge in [0.15, 0.2) is 5.69 Å². The smallest absolute Gasteiger partial charge is 0.276 e. The molecule has 0 atom stereocenters. The van der Waals surface area contributed by atoms with Crippen LogP contribution in [0.25, 0.3) is 5.69 Å². The summed E-state index contributed by atoms with van der Waals surface area (Å²) in [5, 5.41) is 9.56. The Labute approximate surface area is 143 Å². The molecule has 0 aliphatic rings. The number of hydrogen-bond acceptors (Lipinski definition) is 3. The molecule has 0 aliphatic carbocycles. The molecule has 0 radical (unpaired) electrons. The molecule has 1 aromatic heterocycles. The van der Waals surface area contributed by atoms with Crippen LogP contribution < -0.4 is 10.6 Å². The lowest BCUT2D eigenvalue weighted by molar-refractivity contribution is -0.114. The maximum atomic E-state index is 13.0. The molecule has 3 rings (SSSR count). The van der Waals surface area contributed by atoms with Gasteiger partial charge in [0.1, 0.15) is 5.82 Å². The topological polar surface area (TPSA) is 76.0 Å². The molecule has 0 bridgehead atoms. The van der Waals surface area contributed by atoms with Crippen LogP contribution in [0.4, 0.5) is 15.8 Å². The Bertz CT molecular complexity index is 919. The van der Waals surface area contributed by atoms with E-state index < -0.39 is 0 Å². The first kappa shape index (κ1) is 16.4. The molecule has 126 valence electrons. The van der Waals surface area contributed by atoms with Crippen molar-refractivity contribution >= 4 is 23.2 Å². The summed E-state index contributed by atoms with van der Waals surface area (Å²) in [7, 11) is 0. The summed E-state index contributed by atoms with van der Waals surface area (Å²) in [5.41, 5.74) is 1.98. The third kappa shape index (κ3) is 4.08. The van der Waals surface area contributed by atoms with Crippen LogP contribution in [0.15, 0.2) is 60.8 Å². The third-order valence-electron chi connectivity index (χ3n) is 3.35. The Morgan fingerprint density at radius 2 is 1.68 bits per heavy atom. The van der Waals surface area contributed by atoms with E-state index in [0.29, 0.717) is 17.1 Å². The van der Waals surface area contributed by atoms with Crippen LogP contribution in [0.1, 0.15) is 17.4 Å². The Morgan fingerprint density at radius 1 is 1.00 bits per heavy atom. The van der Waals surface area contributed by atoms with E-state index in [1.165, 1.54) is 23.7 Å². The summed E-state index contributed by atoms with van der Waals surface area (Å²) < 4.78 is 14.5. The minimum Gasteiger partial charge on any atom is -0.326 e. The second kappa shape index (κ2) is 6.96. The molecule has 0 saturated carbocycles. The van der Waals surface area contributed by atoms with Crippen molar-refractivity contribution in [3.8, 4) is 5.69 Å². The van der Waals surface area contributed by atoms with Gasteiger partial charge in [-0.1, -0.05) is 6.07 Å². The van der Waals surface area contributed by atoms with Gasteiger partial charge in [0, 0.05) is 24.5 Å². The van der Waals surface area contributed by atoms with Gasteiger partial charge in [-0.15, -0.1) is 0 Å². The minimum atomic E-state index is -0.388. The van der Waals surface area contributed by atoms with E-state index >= 15 is 0 Å². The highest BCUT2D eigenvalue weighted by Crippen LogP contribution is 2.16. The van der Waals surface area contributed by atoms with Crippen LogP contribution in [0.5, 0.6) is 0 Å². The van der Waals surface area contributed by atoms with Crippen molar-refractivity contribution in [2.24, 2.45) is 0 Å². The van der Waals surface area contributed by atoms with E-state index in [1.807, 2.05) is 0 Å². The summed E-state index contributed by atoms with van der Waals surface area (Å²) in [6.07, 6.45) is 1.62. The van der Waals surface area contributed by atoms with E-state index in [9.17, 15) is 14.0 Å². The molecule has 2 amide bonds. The third-order valence-corrected chi connectivity index (χ3v) is 3.35. The summed E-state index contributed by atoms with van der Waals surface area (Å²) in [4.78, 5) is 23.4. The summed E-state index contributed by atoms with van der Waals surface area (Å²) in [5.74, 6) is -0.921. The van der Waals surface area contributed by atoms with Crippen molar-refractivity contribution < 1.29 is 14.0 Å². The highest BCUT2D eigenvalue weighted by Gasteiger charge is 2.11. The molecule has 0 fully saturated rings. The Hall–Kier alpha value is -3.48. The molecule has 1 heterocycles. The first-order valence-electron chi connectivity index (χ1n) is 7.52. The highest BCUT2D eigenvalue weighted by molar-refractivity contribution is 6.03. The normalized spacial score (nSPS) is 10.3. The fourth-order valence-corrected chi connectivity index (χ4v) is 2.26. The van der Waals surface area contributed by atoms with Crippen molar-refractivity contribution in [1.29, 1.82) is 0 Å². The van der Waals surface area contributed by atoms with Gasteiger partial charge in [-0.2, -0.15) is 5.10 Å². The van der Waals surface area contributed by atoms with Crippen molar-refractivity contribution in [3.05, 3.63) is 72.3 Å². The van der Waals surface area contributed by atoms with Gasteiger partial charge in [0.05, 0.1) is 5.69 Å². The average Bonchev–Trinajstić information content (AvgIpc) is 3.05. The first-order valence-corrected chi connectivity index (χ1v) is 7.52. The Morgan fingerprint density at radius 3 is 2.36 bits per heavy atom. The molecule has 0 unspecified atom stereocenters. The lowest BCUT2D eigenvalue weighted by atomic mass is 10.2. The number of amides is 2. The van der Waals surface area contributed by atoms with Gasteiger partial charge in [0.2, 0.25) is 5.91 Å². The zero-order valence-electron chi connectivity index (χ0n) is 13.4. The minimum absolute atomic E-state index is 0.193. The molecule has 3 aromatic rings. The van der Waals surface area contributed by atoms with Gasteiger partial charge >= 0.3 is 0 Å². The monoisotopic (exact) mass is 338 g/mol. The number of halogens is 1. The number of carbonyl (C=O) groups is 2. The second-order valence-electron chi connectivity index (χ2n) is 5.34. The molecule has 0 saturated heterocycles. The SMILES string of the molecule is CC(=O)Nc1cccc(NC(=O)c2ccn(-c3ccc(F)cc3)n2)c1. The Kier molecular flexibility index (Phi) is 4.56. The lowest BCUT2D eigenvalue weighted by Crippen LogP contribution is -2.13. The van der Waals surface area contributed by atoms with Crippen LogP contribution in [0.2, 0.25) is 0 Å². The molecule has 25 heavy (non-hydrogen) atoms. The Balaban J connectivity index is 1.74. The predicted molar refractivity (Wildman–Crippen MR) is 92.2 cm³/mol. The zero-order valence-corrected chi connectivity index (χ0v) is 13.4. The van der Waals surface area contributed by atoms with E-state index in [1.54, 1.807) is 48.7 Å². The molecule has 2 aromatic carbocycles. The van der Waals surface area contributed by atoms with Crippen LogP contribution in [-0.2, 0) is 4.79 Å². The van der Waals surface area contributed by atoms with Crippen molar-refractivity contribution in [1.82, 2.24) is 9.78 Å². The number of nitrogens with zero attached hydrogens (tertiary/aromatic N) is 2. The summed E-state index contributed by atoms with van der Waals surface area (Å²) >= 11 is 0. The van der Waals surface area contributed by atoms with Crippen LogP contribution in [0.3, 0.4) is 0 Å². The van der Waals surface area contributed by atoms with E-state index in [2.05, 4.69) is 15.7 Å². The maximum Gasteiger partial charge on any atom is 0.276 e. The number of nitrogens with one attached hydrogen (secondary N) is 2. The van der Waals surface area contributed by atoms with Gasteiger partial charge in [-0.05, 0) is 48.5 Å². The van der Waals surface area contributed by atoms with E-state index in [4.69, 9.17) is 0 Å². The fraction of sp³-hybridized carbons (Fsp3) is 0.0556. The number of hydrogen-bond donors (Lipinski definition) is 2. The molecule has 6 nitrogen and oxygen atoms in total. The summed E-state index contributed by atoms with van der Waals surface area (Å²) in [6, 6.07) is 14.2. The van der Waals surface area contributed by atoms with Gasteiger partial charge in [-0.25, -0.2) is 9.07 Å². The van der Waals surface area contributed by atoms with Gasteiger partial charge in [0.25, 0.3) is 5.91 Å². The maximum absolute atomic E-state index is 13.0. The lowest BCUT2D eigenvalue weighted by Gasteiger charge is -2.06. The predicted octanol–water partition coefficient (Wildman–Crippen LogP) is 3.22. The van der Waals surface area contributed by atoms with E-state index in [0.717, 1.165) is 0 Å². The molecule has 7 heteroatoms. The molecular formula is C18H15FN4O2. The number of benzene rings is 2. The molecular weight excluding hydrogens is 323 g/mol. The largest absolute Gasteiger partial charge is 0.326 e.